The number of nitrogen functional groups attached to an aromatic ring is 1. The highest BCUT2D eigenvalue weighted by Crippen LogP contribution is 2.47. The van der Waals surface area contributed by atoms with Crippen molar-refractivity contribution >= 4 is 11.6 Å². The molecule has 13 heteroatoms. The van der Waals surface area contributed by atoms with Gasteiger partial charge in [0.25, 0.3) is 11.5 Å². The number of carbonyl (C=O) groups is 1. The van der Waals surface area contributed by atoms with E-state index in [0.29, 0.717) is 17.9 Å². The van der Waals surface area contributed by atoms with Crippen LogP contribution in [0.2, 0.25) is 0 Å². The summed E-state index contributed by atoms with van der Waals surface area (Å²) in [6, 6.07) is 15.0. The second-order valence-corrected chi connectivity index (χ2v) is 11.3. The Morgan fingerprint density at radius 3 is 2.42 bits per heavy atom. The summed E-state index contributed by atoms with van der Waals surface area (Å²) in [6.07, 6.45) is -0.832. The molecule has 1 aliphatic heterocycles. The summed E-state index contributed by atoms with van der Waals surface area (Å²) in [7, 11) is 0. The van der Waals surface area contributed by atoms with Gasteiger partial charge in [0, 0.05) is 44.2 Å². The van der Waals surface area contributed by atoms with Crippen LogP contribution in [0.3, 0.4) is 0 Å². The van der Waals surface area contributed by atoms with Gasteiger partial charge in [0.05, 0.1) is 13.1 Å². The van der Waals surface area contributed by atoms with Gasteiger partial charge >= 0.3 is 0 Å². The van der Waals surface area contributed by atoms with E-state index in [1.807, 2.05) is 0 Å². The molecule has 5 rings (SSSR count). The van der Waals surface area contributed by atoms with Crippen LogP contribution in [0, 0.1) is 5.92 Å². The van der Waals surface area contributed by atoms with Crippen LogP contribution in [0.15, 0.2) is 65.7 Å². The maximum absolute atomic E-state index is 15.6. The van der Waals surface area contributed by atoms with Gasteiger partial charge in [-0.3, -0.25) is 14.2 Å². The number of anilines is 1. The fourth-order valence-electron chi connectivity index (χ4n) is 5.84. The highest BCUT2D eigenvalue weighted by atomic mass is 19.3. The molecular formula is C30H33F4N5O4. The molecule has 1 saturated heterocycles. The summed E-state index contributed by atoms with van der Waals surface area (Å²) in [5, 5.41) is 11.1. The summed E-state index contributed by atoms with van der Waals surface area (Å²) in [6.45, 7) is -1.90. The molecule has 2 heterocycles. The van der Waals surface area contributed by atoms with E-state index in [-0.39, 0.29) is 18.8 Å². The van der Waals surface area contributed by atoms with Gasteiger partial charge in [0.2, 0.25) is 17.7 Å². The number of halogens is 4. The fraction of sp³-hybridized carbons (Fsp3) is 0.433. The van der Waals surface area contributed by atoms with Crippen molar-refractivity contribution in [3.8, 4) is 11.6 Å². The SMILES string of the molecule is NCc1ccc(Oc2ncn(C[C@@]3(O)CCN(C(=O)[C@@H]4CCC(F)(F)C[C@H]4c4ccccc4)CC3(F)F)c(=O)c2N)cc1. The minimum Gasteiger partial charge on any atom is -0.437 e. The number of carbonyl (C=O) groups excluding carboxylic acids is 1. The van der Waals surface area contributed by atoms with Crippen LogP contribution in [0.5, 0.6) is 11.6 Å². The van der Waals surface area contributed by atoms with Crippen molar-refractivity contribution in [2.45, 2.75) is 62.1 Å². The molecule has 0 bridgehead atoms. The number of nitrogens with two attached hydrogens (primary N) is 2. The van der Waals surface area contributed by atoms with Gasteiger partial charge in [-0.25, -0.2) is 22.5 Å². The van der Waals surface area contributed by atoms with Gasteiger partial charge in [-0.05, 0) is 29.7 Å². The van der Waals surface area contributed by atoms with Crippen molar-refractivity contribution < 1.29 is 32.2 Å². The van der Waals surface area contributed by atoms with Gasteiger partial charge in [-0.1, -0.05) is 42.5 Å². The molecule has 9 nitrogen and oxygen atoms in total. The molecule has 2 aliphatic rings. The summed E-state index contributed by atoms with van der Waals surface area (Å²) in [5.74, 6) is -9.11. The van der Waals surface area contributed by atoms with Crippen molar-refractivity contribution in [2.75, 3.05) is 18.8 Å². The van der Waals surface area contributed by atoms with Gasteiger partial charge < -0.3 is 26.2 Å². The minimum absolute atomic E-state index is 0.149. The molecule has 3 aromatic rings. The summed E-state index contributed by atoms with van der Waals surface area (Å²) in [5.41, 5.74) is 8.85. The van der Waals surface area contributed by atoms with Crippen molar-refractivity contribution in [1.29, 1.82) is 0 Å². The van der Waals surface area contributed by atoms with Gasteiger partial charge in [-0.2, -0.15) is 0 Å². The Morgan fingerprint density at radius 1 is 1.07 bits per heavy atom. The average Bonchev–Trinajstić information content (AvgIpc) is 2.98. The summed E-state index contributed by atoms with van der Waals surface area (Å²) >= 11 is 0. The Morgan fingerprint density at radius 2 is 1.77 bits per heavy atom. The number of nitrogens with zero attached hydrogens (tertiary/aromatic N) is 3. The summed E-state index contributed by atoms with van der Waals surface area (Å²) in [4.78, 5) is 31.3. The third-order valence-corrected chi connectivity index (χ3v) is 8.39. The normalized spacial score (nSPS) is 24.8. The molecule has 5 N–H and O–H groups in total. The topological polar surface area (TPSA) is 137 Å². The number of rotatable bonds is 7. The van der Waals surface area contributed by atoms with Crippen LogP contribution < -0.4 is 21.8 Å². The molecule has 1 aliphatic carbocycles. The zero-order chi connectivity index (χ0) is 31.0. The molecule has 1 aromatic heterocycles. The second-order valence-electron chi connectivity index (χ2n) is 11.3. The third-order valence-electron chi connectivity index (χ3n) is 8.39. The molecule has 1 saturated carbocycles. The lowest BCUT2D eigenvalue weighted by Crippen LogP contribution is -2.64. The molecule has 2 fully saturated rings. The Balaban J connectivity index is 1.30. The van der Waals surface area contributed by atoms with Crippen molar-refractivity contribution in [3.05, 3.63) is 82.4 Å². The van der Waals surface area contributed by atoms with Gasteiger partial charge in [0.15, 0.2) is 5.69 Å². The Labute approximate surface area is 245 Å². The number of hydrogen-bond acceptors (Lipinski definition) is 7. The number of hydrogen-bond donors (Lipinski definition) is 3. The Hall–Kier alpha value is -3.97. The number of ether oxygens (including phenoxy) is 1. The van der Waals surface area contributed by atoms with E-state index in [4.69, 9.17) is 16.2 Å². The van der Waals surface area contributed by atoms with Crippen LogP contribution in [-0.4, -0.2) is 56.0 Å². The lowest BCUT2D eigenvalue weighted by atomic mass is 9.73. The zero-order valence-electron chi connectivity index (χ0n) is 23.3. The highest BCUT2D eigenvalue weighted by molar-refractivity contribution is 5.80. The average molecular weight is 604 g/mol. The van der Waals surface area contributed by atoms with E-state index in [9.17, 15) is 23.5 Å². The first kappa shape index (κ1) is 30.5. The van der Waals surface area contributed by atoms with Crippen molar-refractivity contribution in [1.82, 2.24) is 14.5 Å². The molecule has 2 aromatic carbocycles. The number of likely N-dealkylation sites (tertiary alicyclic amines) is 1. The zero-order valence-corrected chi connectivity index (χ0v) is 23.3. The van der Waals surface area contributed by atoms with E-state index < -0.39 is 78.8 Å². The molecule has 1 amide bonds. The molecule has 230 valence electrons. The number of piperidine rings is 1. The number of amides is 1. The van der Waals surface area contributed by atoms with Crippen LogP contribution >= 0.6 is 0 Å². The first-order valence-electron chi connectivity index (χ1n) is 14.0. The van der Waals surface area contributed by atoms with E-state index >= 15 is 8.78 Å². The molecule has 0 spiro atoms. The smallest absolute Gasteiger partial charge is 0.295 e. The largest absolute Gasteiger partial charge is 0.437 e. The number of aliphatic hydroxyl groups is 1. The van der Waals surface area contributed by atoms with Crippen molar-refractivity contribution in [3.63, 3.8) is 0 Å². The predicted octanol–water partition coefficient (Wildman–Crippen LogP) is 3.89. The Bertz CT molecular complexity index is 1520. The molecule has 0 radical (unpaired) electrons. The van der Waals surface area contributed by atoms with E-state index in [2.05, 4.69) is 4.98 Å². The predicted molar refractivity (Wildman–Crippen MR) is 150 cm³/mol. The number of alkyl halides is 4. The number of benzene rings is 2. The third kappa shape index (κ3) is 6.23. The molecule has 0 unspecified atom stereocenters. The lowest BCUT2D eigenvalue weighted by Gasteiger charge is -2.46. The monoisotopic (exact) mass is 603 g/mol. The van der Waals surface area contributed by atoms with Gasteiger partial charge in [-0.15, -0.1) is 0 Å². The maximum Gasteiger partial charge on any atom is 0.295 e. The van der Waals surface area contributed by atoms with E-state index in [1.54, 1.807) is 54.6 Å². The van der Waals surface area contributed by atoms with Gasteiger partial charge in [0.1, 0.15) is 17.7 Å². The van der Waals surface area contributed by atoms with Crippen LogP contribution in [0.4, 0.5) is 23.2 Å². The van der Waals surface area contributed by atoms with E-state index in [0.717, 1.165) is 21.4 Å². The minimum atomic E-state index is -3.84. The van der Waals surface area contributed by atoms with E-state index in [1.165, 1.54) is 0 Å². The van der Waals surface area contributed by atoms with Crippen LogP contribution in [0.1, 0.15) is 42.7 Å². The lowest BCUT2D eigenvalue weighted by molar-refractivity contribution is -0.223. The maximum atomic E-state index is 15.6. The highest BCUT2D eigenvalue weighted by Gasteiger charge is 2.58. The molecular weight excluding hydrogens is 570 g/mol. The summed E-state index contributed by atoms with van der Waals surface area (Å²) < 4.78 is 66.1. The first-order valence-corrected chi connectivity index (χ1v) is 14.0. The molecule has 43 heavy (non-hydrogen) atoms. The Kier molecular flexibility index (Phi) is 8.23. The molecule has 3 atom stereocenters. The first-order chi connectivity index (χ1) is 20.3. The van der Waals surface area contributed by atoms with Crippen LogP contribution in [-0.2, 0) is 17.9 Å². The number of aromatic nitrogens is 2. The fourth-order valence-corrected chi connectivity index (χ4v) is 5.84. The van der Waals surface area contributed by atoms with Crippen LogP contribution in [0.25, 0.3) is 0 Å². The quantitative estimate of drug-likeness (QED) is 0.349. The van der Waals surface area contributed by atoms with Crippen molar-refractivity contribution in [2.24, 2.45) is 11.7 Å². The second kappa shape index (κ2) is 11.6. The standard InChI is InChI=1S/C30H33F4N5O4/c31-29(32)11-10-22(23(14-29)20-4-2-1-3-5-20)26(40)38-13-12-28(42,30(33,34)17-38)16-39-18-37-25(24(36)27(39)41)43-21-8-6-19(15-35)7-9-21/h1-9,18,22-23,42H,10-17,35-36H2/t22-,23+,28+/m1/s1.